The monoisotopic (exact) mass is 355 g/mol. The molecule has 1 aliphatic heterocycles. The lowest BCUT2D eigenvalue weighted by atomic mass is 10.2. The van der Waals surface area contributed by atoms with Crippen LogP contribution in [-0.4, -0.2) is 58.0 Å². The normalized spacial score (nSPS) is 14.2. The molecule has 1 aromatic heterocycles. The lowest BCUT2D eigenvalue weighted by molar-refractivity contribution is -0.129. The minimum atomic E-state index is -1.00. The van der Waals surface area contributed by atoms with Gasteiger partial charge < -0.3 is 20.2 Å². The molecule has 0 radical (unpaired) electrons. The summed E-state index contributed by atoms with van der Waals surface area (Å²) < 4.78 is 0. The first-order chi connectivity index (χ1) is 12.4. The number of benzene rings is 1. The summed E-state index contributed by atoms with van der Waals surface area (Å²) in [6, 6.07) is 8.46. The van der Waals surface area contributed by atoms with Crippen LogP contribution in [-0.2, 0) is 4.79 Å². The van der Waals surface area contributed by atoms with Gasteiger partial charge in [0.25, 0.3) is 0 Å². The van der Waals surface area contributed by atoms with E-state index >= 15 is 0 Å². The van der Waals surface area contributed by atoms with Crippen LogP contribution in [0.5, 0.6) is 0 Å². The summed E-state index contributed by atoms with van der Waals surface area (Å²) in [5.74, 6) is 0.181. The van der Waals surface area contributed by atoms with Crippen molar-refractivity contribution >= 4 is 29.3 Å². The lowest BCUT2D eigenvalue weighted by Gasteiger charge is -2.34. The average Bonchev–Trinajstić information content (AvgIpc) is 2.61. The van der Waals surface area contributed by atoms with Gasteiger partial charge in [0.05, 0.1) is 11.3 Å². The van der Waals surface area contributed by atoms with Crippen LogP contribution < -0.4 is 10.2 Å². The van der Waals surface area contributed by atoms with E-state index in [4.69, 9.17) is 0 Å². The number of carboxylic acid groups (broad SMARTS) is 1. The van der Waals surface area contributed by atoms with Gasteiger partial charge in [0.2, 0.25) is 11.9 Å². The summed E-state index contributed by atoms with van der Waals surface area (Å²) in [6.45, 7) is 6.03. The molecular weight excluding hydrogens is 334 g/mol. The van der Waals surface area contributed by atoms with Gasteiger partial charge in [-0.25, -0.2) is 9.78 Å². The number of piperazine rings is 1. The van der Waals surface area contributed by atoms with Gasteiger partial charge in [-0.1, -0.05) is 12.1 Å². The van der Waals surface area contributed by atoms with Crippen LogP contribution >= 0.6 is 0 Å². The number of nitrogens with zero attached hydrogens (tertiary/aromatic N) is 4. The number of nitrogens with one attached hydrogen (secondary N) is 1. The van der Waals surface area contributed by atoms with Crippen LogP contribution in [0.2, 0.25) is 0 Å². The van der Waals surface area contributed by atoms with Crippen molar-refractivity contribution in [2.24, 2.45) is 0 Å². The van der Waals surface area contributed by atoms with Crippen molar-refractivity contribution in [3.05, 3.63) is 41.6 Å². The predicted octanol–water partition coefficient (Wildman–Crippen LogP) is 1.90. The second-order valence-corrected chi connectivity index (χ2v) is 6.16. The summed E-state index contributed by atoms with van der Waals surface area (Å²) in [5, 5.41) is 12.4. The second kappa shape index (κ2) is 7.38. The van der Waals surface area contributed by atoms with Gasteiger partial charge in [0.15, 0.2) is 0 Å². The SMILES string of the molecule is CC(=O)N1CCN(c2nc(C)cc(Nc3ccccc3C(=O)O)n2)CC1. The van der Waals surface area contributed by atoms with Crippen LogP contribution in [0.1, 0.15) is 23.0 Å². The number of hydrogen-bond donors (Lipinski definition) is 2. The Hall–Kier alpha value is -3.16. The quantitative estimate of drug-likeness (QED) is 0.864. The number of aromatic nitrogens is 2. The highest BCUT2D eigenvalue weighted by molar-refractivity contribution is 5.95. The molecule has 1 saturated heterocycles. The molecule has 0 saturated carbocycles. The first-order valence-electron chi connectivity index (χ1n) is 8.39. The maximum atomic E-state index is 11.5. The van der Waals surface area contributed by atoms with Gasteiger partial charge in [-0.2, -0.15) is 4.98 Å². The molecule has 1 amide bonds. The number of aryl methyl sites for hydroxylation is 1. The number of amides is 1. The van der Waals surface area contributed by atoms with Crippen molar-refractivity contribution in [2.45, 2.75) is 13.8 Å². The zero-order chi connectivity index (χ0) is 18.7. The molecule has 8 nitrogen and oxygen atoms in total. The van der Waals surface area contributed by atoms with Gasteiger partial charge in [-0.3, -0.25) is 4.79 Å². The molecule has 0 aliphatic carbocycles. The van der Waals surface area contributed by atoms with E-state index < -0.39 is 5.97 Å². The first kappa shape index (κ1) is 17.7. The molecule has 1 aliphatic rings. The lowest BCUT2D eigenvalue weighted by Crippen LogP contribution is -2.48. The maximum absolute atomic E-state index is 11.5. The third-order valence-electron chi connectivity index (χ3n) is 4.27. The minimum Gasteiger partial charge on any atom is -0.478 e. The van der Waals surface area contributed by atoms with Crippen LogP contribution in [0, 0.1) is 6.92 Å². The molecule has 1 fully saturated rings. The molecule has 0 unspecified atom stereocenters. The van der Waals surface area contributed by atoms with Crippen LogP contribution in [0.3, 0.4) is 0 Å². The fraction of sp³-hybridized carbons (Fsp3) is 0.333. The number of carbonyl (C=O) groups is 2. The van der Waals surface area contributed by atoms with Crippen LogP contribution in [0.15, 0.2) is 30.3 Å². The Balaban J connectivity index is 1.81. The van der Waals surface area contributed by atoms with Crippen LogP contribution in [0.25, 0.3) is 0 Å². The van der Waals surface area contributed by atoms with Crippen molar-refractivity contribution in [1.29, 1.82) is 0 Å². The van der Waals surface area contributed by atoms with E-state index in [1.54, 1.807) is 42.2 Å². The van der Waals surface area contributed by atoms with E-state index in [0.717, 1.165) is 5.69 Å². The number of aromatic carboxylic acids is 1. The summed E-state index contributed by atoms with van der Waals surface area (Å²) in [4.78, 5) is 35.7. The standard InChI is InChI=1S/C18H21N5O3/c1-12-11-16(20-15-6-4-3-5-14(15)17(25)26)21-18(19-12)23-9-7-22(8-10-23)13(2)24/h3-6,11H,7-10H2,1-2H3,(H,25,26)(H,19,20,21). The number of para-hydroxylation sites is 1. The maximum Gasteiger partial charge on any atom is 0.337 e. The predicted molar refractivity (Wildman–Crippen MR) is 97.9 cm³/mol. The Morgan fingerprint density at radius 1 is 1.12 bits per heavy atom. The minimum absolute atomic E-state index is 0.0717. The molecule has 0 spiro atoms. The molecule has 136 valence electrons. The molecular formula is C18H21N5O3. The van der Waals surface area contributed by atoms with E-state index in [9.17, 15) is 14.7 Å². The fourth-order valence-electron chi connectivity index (χ4n) is 2.90. The average molecular weight is 355 g/mol. The third kappa shape index (κ3) is 3.90. The Bertz CT molecular complexity index is 831. The Kier molecular flexibility index (Phi) is 5.01. The van der Waals surface area contributed by atoms with E-state index in [-0.39, 0.29) is 11.5 Å². The molecule has 2 N–H and O–H groups in total. The summed E-state index contributed by atoms with van der Waals surface area (Å²) >= 11 is 0. The summed E-state index contributed by atoms with van der Waals surface area (Å²) in [5.41, 5.74) is 1.44. The highest BCUT2D eigenvalue weighted by Gasteiger charge is 2.21. The molecule has 2 aromatic rings. The molecule has 3 rings (SSSR count). The topological polar surface area (TPSA) is 98.7 Å². The number of carboxylic acids is 1. The van der Waals surface area contributed by atoms with Gasteiger partial charge in [-0.15, -0.1) is 0 Å². The van der Waals surface area contributed by atoms with Gasteiger partial charge in [-0.05, 0) is 19.1 Å². The summed E-state index contributed by atoms with van der Waals surface area (Å²) in [6.07, 6.45) is 0. The van der Waals surface area contributed by atoms with E-state index in [0.29, 0.717) is 43.6 Å². The van der Waals surface area contributed by atoms with Crippen molar-refractivity contribution in [3.63, 3.8) is 0 Å². The van der Waals surface area contributed by atoms with Gasteiger partial charge in [0.1, 0.15) is 5.82 Å². The van der Waals surface area contributed by atoms with Crippen LogP contribution in [0.4, 0.5) is 17.5 Å². The number of rotatable bonds is 4. The molecule has 1 aromatic carbocycles. The Morgan fingerprint density at radius 2 is 1.81 bits per heavy atom. The molecule has 0 atom stereocenters. The fourth-order valence-corrected chi connectivity index (χ4v) is 2.90. The Morgan fingerprint density at radius 3 is 2.46 bits per heavy atom. The molecule has 0 bridgehead atoms. The second-order valence-electron chi connectivity index (χ2n) is 6.16. The zero-order valence-corrected chi connectivity index (χ0v) is 14.8. The van der Waals surface area contributed by atoms with Gasteiger partial charge >= 0.3 is 5.97 Å². The van der Waals surface area contributed by atoms with E-state index in [2.05, 4.69) is 15.3 Å². The van der Waals surface area contributed by atoms with Gasteiger partial charge in [0, 0.05) is 44.9 Å². The summed E-state index contributed by atoms with van der Waals surface area (Å²) in [7, 11) is 0. The number of hydrogen-bond acceptors (Lipinski definition) is 6. The van der Waals surface area contributed by atoms with Crippen molar-refractivity contribution in [3.8, 4) is 0 Å². The van der Waals surface area contributed by atoms with Crippen molar-refractivity contribution < 1.29 is 14.7 Å². The molecule has 2 heterocycles. The first-order valence-corrected chi connectivity index (χ1v) is 8.39. The zero-order valence-electron chi connectivity index (χ0n) is 14.8. The molecule has 8 heteroatoms. The van der Waals surface area contributed by atoms with E-state index in [1.165, 1.54) is 0 Å². The highest BCUT2D eigenvalue weighted by atomic mass is 16.4. The van der Waals surface area contributed by atoms with Crippen molar-refractivity contribution in [2.75, 3.05) is 36.4 Å². The number of anilines is 3. The van der Waals surface area contributed by atoms with Crippen molar-refractivity contribution in [1.82, 2.24) is 14.9 Å². The highest BCUT2D eigenvalue weighted by Crippen LogP contribution is 2.22. The Labute approximate surface area is 151 Å². The molecule has 26 heavy (non-hydrogen) atoms. The third-order valence-corrected chi connectivity index (χ3v) is 4.27. The number of carbonyl (C=O) groups excluding carboxylic acids is 1. The van der Waals surface area contributed by atoms with E-state index in [1.807, 2.05) is 11.8 Å². The smallest absolute Gasteiger partial charge is 0.337 e. The largest absolute Gasteiger partial charge is 0.478 e.